The number of hydroxylamine groups is 1. The van der Waals surface area contributed by atoms with Gasteiger partial charge in [-0.3, -0.25) is 20.0 Å². The van der Waals surface area contributed by atoms with E-state index in [1.807, 2.05) is 72.8 Å². The van der Waals surface area contributed by atoms with Gasteiger partial charge >= 0.3 is 0 Å². The lowest BCUT2D eigenvalue weighted by Crippen LogP contribution is -2.49. The van der Waals surface area contributed by atoms with Gasteiger partial charge in [0.2, 0.25) is 0 Å². The molecule has 180 valence electrons. The van der Waals surface area contributed by atoms with Crippen LogP contribution in [0.4, 0.5) is 5.69 Å². The van der Waals surface area contributed by atoms with Crippen LogP contribution in [0.1, 0.15) is 23.6 Å². The molecular weight excluding hydrogens is 438 g/mol. The van der Waals surface area contributed by atoms with E-state index in [-0.39, 0.29) is 11.9 Å². The van der Waals surface area contributed by atoms with Gasteiger partial charge in [-0.2, -0.15) is 0 Å². The number of β-lactam (4-membered cyclic amide) rings is 1. The fraction of sp³-hybridized carbons (Fsp3) is 0.207. The van der Waals surface area contributed by atoms with E-state index in [2.05, 4.69) is 29.5 Å². The van der Waals surface area contributed by atoms with Crippen LogP contribution in [0.15, 0.2) is 109 Å². The fourth-order valence-electron chi connectivity index (χ4n) is 4.02. The van der Waals surface area contributed by atoms with Gasteiger partial charge < -0.3 is 10.1 Å². The molecule has 1 aliphatic rings. The molecule has 1 saturated heterocycles. The molecule has 1 unspecified atom stereocenters. The summed E-state index contributed by atoms with van der Waals surface area (Å²) in [5.74, 6) is 0.691. The van der Waals surface area contributed by atoms with Crippen LogP contribution in [0.2, 0.25) is 0 Å². The van der Waals surface area contributed by atoms with Gasteiger partial charge in [0.15, 0.2) is 0 Å². The number of benzene rings is 3. The van der Waals surface area contributed by atoms with E-state index in [0.717, 1.165) is 36.5 Å². The normalized spacial score (nSPS) is 16.1. The Bertz CT molecular complexity index is 1140. The number of hydrogen-bond acceptors (Lipinski definition) is 5. The third-order valence-corrected chi connectivity index (χ3v) is 5.79. The zero-order chi connectivity index (χ0) is 24.5. The third-order valence-electron chi connectivity index (χ3n) is 5.79. The van der Waals surface area contributed by atoms with Gasteiger partial charge in [-0.25, -0.2) is 0 Å². The molecule has 0 aromatic heterocycles. The molecule has 2 N–H and O–H groups in total. The molecule has 0 radical (unpaired) electrons. The number of methoxy groups -OCH3 is 1. The summed E-state index contributed by atoms with van der Waals surface area (Å²) in [6, 6.07) is 27.6. The highest BCUT2D eigenvalue weighted by Gasteiger charge is 2.43. The monoisotopic (exact) mass is 469 g/mol. The molecule has 1 aliphatic heterocycles. The lowest BCUT2D eigenvalue weighted by atomic mass is 9.86. The first-order valence-electron chi connectivity index (χ1n) is 11.7. The number of rotatable bonds is 12. The summed E-state index contributed by atoms with van der Waals surface area (Å²) < 4.78 is 5.25. The van der Waals surface area contributed by atoms with Crippen molar-refractivity contribution < 1.29 is 14.4 Å². The minimum Gasteiger partial charge on any atom is -0.497 e. The number of nitrogens with one attached hydrogen (secondary N) is 2. The van der Waals surface area contributed by atoms with Gasteiger partial charge in [-0.1, -0.05) is 67.2 Å². The SMILES string of the molecule is C=C(C=C1C(=O)N(c2ccc(OC)cc2)C1c1ccccc1)NOCCCNCc1ccccc1. The number of nitrogens with zero attached hydrogens (tertiary/aromatic N) is 1. The summed E-state index contributed by atoms with van der Waals surface area (Å²) in [4.78, 5) is 20.5. The molecule has 1 heterocycles. The molecule has 1 atom stereocenters. The molecule has 4 rings (SSSR count). The van der Waals surface area contributed by atoms with Crippen molar-refractivity contribution in [3.8, 4) is 5.75 Å². The zero-order valence-corrected chi connectivity index (χ0v) is 19.9. The van der Waals surface area contributed by atoms with Crippen molar-refractivity contribution in [1.82, 2.24) is 10.8 Å². The second-order valence-corrected chi connectivity index (χ2v) is 8.28. The van der Waals surface area contributed by atoms with Crippen LogP contribution in [-0.4, -0.2) is 26.2 Å². The minimum atomic E-state index is -0.196. The lowest BCUT2D eigenvalue weighted by molar-refractivity contribution is -0.119. The fourth-order valence-corrected chi connectivity index (χ4v) is 4.02. The van der Waals surface area contributed by atoms with Crippen LogP contribution in [0.3, 0.4) is 0 Å². The van der Waals surface area contributed by atoms with E-state index < -0.39 is 0 Å². The number of carbonyl (C=O) groups is 1. The van der Waals surface area contributed by atoms with E-state index in [1.54, 1.807) is 18.1 Å². The summed E-state index contributed by atoms with van der Waals surface area (Å²) in [6.45, 7) is 6.22. The van der Waals surface area contributed by atoms with Crippen molar-refractivity contribution >= 4 is 11.6 Å². The standard InChI is InChI=1S/C29H31N3O3/c1-22(31-35-19-9-18-30-21-23-10-5-3-6-11-23)20-27-28(24-12-7-4-8-13-24)32(29(27)33)25-14-16-26(34-2)17-15-25/h3-8,10-17,20,28,30-31H,1,9,18-19,21H2,2H3. The Morgan fingerprint density at radius 2 is 1.69 bits per heavy atom. The summed E-state index contributed by atoms with van der Waals surface area (Å²) >= 11 is 0. The van der Waals surface area contributed by atoms with E-state index in [1.165, 1.54) is 5.56 Å². The Labute approximate surface area is 206 Å². The van der Waals surface area contributed by atoms with Gasteiger partial charge in [0.05, 0.1) is 25.5 Å². The molecule has 1 amide bonds. The molecular formula is C29H31N3O3. The Hall–Kier alpha value is -3.87. The van der Waals surface area contributed by atoms with Gasteiger partial charge in [0.1, 0.15) is 5.75 Å². The second kappa shape index (κ2) is 12.0. The number of allylic oxidation sites excluding steroid dienone is 1. The van der Waals surface area contributed by atoms with Crippen molar-refractivity contribution in [2.24, 2.45) is 0 Å². The van der Waals surface area contributed by atoms with Crippen LogP contribution in [0, 0.1) is 0 Å². The number of amides is 1. The quantitative estimate of drug-likeness (QED) is 0.171. The number of ether oxygens (including phenoxy) is 1. The third kappa shape index (κ3) is 6.18. The Kier molecular flexibility index (Phi) is 8.33. The Balaban J connectivity index is 1.31. The highest BCUT2D eigenvalue weighted by molar-refractivity contribution is 6.15. The number of carbonyl (C=O) groups excluding carboxylic acids is 1. The van der Waals surface area contributed by atoms with Gasteiger partial charge in [-0.05, 0) is 54.4 Å². The van der Waals surface area contributed by atoms with Crippen molar-refractivity contribution in [3.05, 3.63) is 120 Å². The van der Waals surface area contributed by atoms with Crippen LogP contribution in [-0.2, 0) is 16.2 Å². The first-order valence-corrected chi connectivity index (χ1v) is 11.7. The van der Waals surface area contributed by atoms with E-state index in [0.29, 0.717) is 17.9 Å². The summed E-state index contributed by atoms with van der Waals surface area (Å²) in [7, 11) is 1.62. The maximum Gasteiger partial charge on any atom is 0.257 e. The average molecular weight is 470 g/mol. The van der Waals surface area contributed by atoms with E-state index >= 15 is 0 Å². The molecule has 3 aromatic rings. The van der Waals surface area contributed by atoms with Crippen LogP contribution in [0.25, 0.3) is 0 Å². The van der Waals surface area contributed by atoms with Gasteiger partial charge in [0, 0.05) is 17.8 Å². The molecule has 0 bridgehead atoms. The van der Waals surface area contributed by atoms with E-state index in [4.69, 9.17) is 9.57 Å². The van der Waals surface area contributed by atoms with Gasteiger partial charge in [0.25, 0.3) is 5.91 Å². The molecule has 35 heavy (non-hydrogen) atoms. The highest BCUT2D eigenvalue weighted by atomic mass is 16.6. The minimum absolute atomic E-state index is 0.0583. The van der Waals surface area contributed by atoms with Crippen molar-refractivity contribution in [3.63, 3.8) is 0 Å². The van der Waals surface area contributed by atoms with Crippen LogP contribution >= 0.6 is 0 Å². The Morgan fingerprint density at radius 1 is 1.00 bits per heavy atom. The van der Waals surface area contributed by atoms with Crippen molar-refractivity contribution in [1.29, 1.82) is 0 Å². The molecule has 6 nitrogen and oxygen atoms in total. The summed E-state index contributed by atoms with van der Waals surface area (Å²) in [5.41, 5.74) is 7.19. The highest BCUT2D eigenvalue weighted by Crippen LogP contribution is 2.43. The largest absolute Gasteiger partial charge is 0.497 e. The molecule has 6 heteroatoms. The van der Waals surface area contributed by atoms with Crippen LogP contribution < -0.4 is 20.4 Å². The molecule has 0 spiro atoms. The smallest absolute Gasteiger partial charge is 0.257 e. The first kappa shape index (κ1) is 24.3. The predicted octanol–water partition coefficient (Wildman–Crippen LogP) is 4.92. The first-order chi connectivity index (χ1) is 17.2. The van der Waals surface area contributed by atoms with Crippen molar-refractivity contribution in [2.75, 3.05) is 25.2 Å². The second-order valence-electron chi connectivity index (χ2n) is 8.28. The molecule has 1 fully saturated rings. The zero-order valence-electron chi connectivity index (χ0n) is 19.9. The molecule has 0 saturated carbocycles. The summed E-state index contributed by atoms with van der Waals surface area (Å²) in [5, 5.41) is 3.40. The topological polar surface area (TPSA) is 62.8 Å². The number of hydrogen-bond donors (Lipinski definition) is 2. The maximum atomic E-state index is 13.1. The maximum absolute atomic E-state index is 13.1. The van der Waals surface area contributed by atoms with Crippen LogP contribution in [0.5, 0.6) is 5.75 Å². The Morgan fingerprint density at radius 3 is 2.37 bits per heavy atom. The predicted molar refractivity (Wildman–Crippen MR) is 139 cm³/mol. The summed E-state index contributed by atoms with van der Waals surface area (Å²) in [6.07, 6.45) is 2.62. The lowest BCUT2D eigenvalue weighted by Gasteiger charge is -2.43. The van der Waals surface area contributed by atoms with E-state index in [9.17, 15) is 4.79 Å². The average Bonchev–Trinajstić information content (AvgIpc) is 2.91. The van der Waals surface area contributed by atoms with Crippen molar-refractivity contribution in [2.45, 2.75) is 19.0 Å². The van der Waals surface area contributed by atoms with Gasteiger partial charge in [-0.15, -0.1) is 0 Å². The molecule has 3 aromatic carbocycles. The molecule has 0 aliphatic carbocycles. The number of anilines is 1.